The lowest BCUT2D eigenvalue weighted by molar-refractivity contribution is -0.121. The first-order valence-corrected chi connectivity index (χ1v) is 14.8. The predicted octanol–water partition coefficient (Wildman–Crippen LogP) is 5.88. The van der Waals surface area contributed by atoms with E-state index in [2.05, 4.69) is 83.8 Å². The molecule has 186 valence electrons. The number of fused-ring (bicyclic) bond motifs is 1. The van der Waals surface area contributed by atoms with Crippen molar-refractivity contribution in [2.75, 3.05) is 26.2 Å². The van der Waals surface area contributed by atoms with E-state index < -0.39 is 0 Å². The number of nitrogens with zero attached hydrogens (tertiary/aromatic N) is 1. The molecule has 0 unspecified atom stereocenters. The predicted molar refractivity (Wildman–Crippen MR) is 150 cm³/mol. The number of likely N-dealkylation sites (tertiary alicyclic amines) is 1. The summed E-state index contributed by atoms with van der Waals surface area (Å²) in [5, 5.41) is 7.84. The average molecular weight is 621 g/mol. The molecule has 5 nitrogen and oxygen atoms in total. The Bertz CT molecular complexity index is 1170. The maximum Gasteiger partial charge on any atom is 0.225 e. The minimum atomic E-state index is 0.127. The normalized spacial score (nSPS) is 18.1. The smallest absolute Gasteiger partial charge is 0.225 e. The van der Waals surface area contributed by atoms with Crippen molar-refractivity contribution >= 4 is 59.2 Å². The van der Waals surface area contributed by atoms with Gasteiger partial charge in [-0.3, -0.25) is 9.69 Å². The van der Waals surface area contributed by atoms with Crippen LogP contribution in [0.1, 0.15) is 36.1 Å². The number of benzene rings is 2. The molecule has 35 heavy (non-hydrogen) atoms. The van der Waals surface area contributed by atoms with Gasteiger partial charge in [-0.05, 0) is 102 Å². The van der Waals surface area contributed by atoms with Gasteiger partial charge in [0.15, 0.2) is 0 Å². The molecule has 2 aliphatic heterocycles. The Morgan fingerprint density at radius 2 is 1.86 bits per heavy atom. The molecular weight excluding hydrogens is 590 g/mol. The van der Waals surface area contributed by atoms with Crippen molar-refractivity contribution in [2.45, 2.75) is 50.8 Å². The zero-order valence-corrected chi connectivity index (χ0v) is 23.7. The fourth-order valence-corrected chi connectivity index (χ4v) is 6.86. The van der Waals surface area contributed by atoms with Crippen LogP contribution in [0.3, 0.4) is 0 Å². The molecule has 2 aromatic carbocycles. The van der Waals surface area contributed by atoms with Gasteiger partial charge in [-0.1, -0.05) is 22.0 Å². The van der Waals surface area contributed by atoms with Crippen molar-refractivity contribution in [1.82, 2.24) is 15.5 Å². The fourth-order valence-electron chi connectivity index (χ4n) is 4.92. The number of nitrogens with one attached hydrogen (secondary N) is 2. The monoisotopic (exact) mass is 619 g/mol. The van der Waals surface area contributed by atoms with Gasteiger partial charge >= 0.3 is 0 Å². The first-order chi connectivity index (χ1) is 17.0. The highest BCUT2D eigenvalue weighted by molar-refractivity contribution is 9.10. The van der Waals surface area contributed by atoms with E-state index in [0.29, 0.717) is 12.5 Å². The van der Waals surface area contributed by atoms with Crippen LogP contribution in [0.4, 0.5) is 0 Å². The number of carbonyl (C=O) groups is 1. The number of thiophene rings is 1. The Hall–Kier alpha value is -1.45. The summed E-state index contributed by atoms with van der Waals surface area (Å²) >= 11 is 8.93. The zero-order chi connectivity index (χ0) is 24.2. The van der Waals surface area contributed by atoms with Crippen LogP contribution in [0.25, 0.3) is 10.1 Å². The number of hydrogen-bond donors (Lipinski definition) is 2. The molecule has 0 atom stereocenters. The maximum absolute atomic E-state index is 12.7. The summed E-state index contributed by atoms with van der Waals surface area (Å²) in [5.41, 5.74) is 1.29. The van der Waals surface area contributed by atoms with Gasteiger partial charge in [-0.25, -0.2) is 0 Å². The third-order valence-electron chi connectivity index (χ3n) is 6.80. The number of ether oxygens (including phenoxy) is 1. The molecule has 2 aliphatic rings. The molecule has 3 aromatic rings. The van der Waals surface area contributed by atoms with Crippen molar-refractivity contribution in [2.24, 2.45) is 0 Å². The van der Waals surface area contributed by atoms with Gasteiger partial charge in [0.1, 0.15) is 11.9 Å². The fraction of sp³-hybridized carbons (Fsp3) is 0.444. The second-order valence-corrected chi connectivity index (χ2v) is 12.5. The molecule has 3 heterocycles. The van der Waals surface area contributed by atoms with Crippen LogP contribution in [0.15, 0.2) is 51.4 Å². The van der Waals surface area contributed by atoms with Gasteiger partial charge in [-0.15, -0.1) is 11.3 Å². The highest BCUT2D eigenvalue weighted by Gasteiger charge is 2.22. The Morgan fingerprint density at radius 1 is 1.06 bits per heavy atom. The third kappa shape index (κ3) is 6.86. The van der Waals surface area contributed by atoms with Gasteiger partial charge < -0.3 is 15.4 Å². The van der Waals surface area contributed by atoms with E-state index in [1.807, 2.05) is 6.07 Å². The first kappa shape index (κ1) is 25.2. The second kappa shape index (κ2) is 11.7. The summed E-state index contributed by atoms with van der Waals surface area (Å²) in [6.45, 7) is 4.96. The van der Waals surface area contributed by atoms with Crippen LogP contribution in [-0.2, 0) is 17.8 Å². The largest absolute Gasteiger partial charge is 0.489 e. The molecular formula is C27H31Br2N3O2S. The van der Waals surface area contributed by atoms with E-state index in [1.165, 1.54) is 15.6 Å². The molecule has 0 spiro atoms. The summed E-state index contributed by atoms with van der Waals surface area (Å²) in [6, 6.07) is 15.1. The molecule has 1 aromatic heterocycles. The molecule has 1 amide bonds. The van der Waals surface area contributed by atoms with Gasteiger partial charge in [0.2, 0.25) is 5.91 Å². The van der Waals surface area contributed by atoms with E-state index in [9.17, 15) is 4.79 Å². The molecule has 0 aliphatic carbocycles. The average Bonchev–Trinajstić information content (AvgIpc) is 3.24. The van der Waals surface area contributed by atoms with Crippen LogP contribution >= 0.6 is 43.2 Å². The number of amides is 1. The second-order valence-electron chi connectivity index (χ2n) is 9.52. The molecule has 0 bridgehead atoms. The Labute approximate surface area is 227 Å². The first-order valence-electron chi connectivity index (χ1n) is 12.4. The van der Waals surface area contributed by atoms with Crippen LogP contribution in [0.2, 0.25) is 0 Å². The molecule has 5 rings (SSSR count). The van der Waals surface area contributed by atoms with E-state index in [1.54, 1.807) is 11.3 Å². The summed E-state index contributed by atoms with van der Waals surface area (Å²) in [6.07, 6.45) is 4.85. The van der Waals surface area contributed by atoms with Crippen molar-refractivity contribution in [3.8, 4) is 5.75 Å². The van der Waals surface area contributed by atoms with Crippen molar-refractivity contribution in [3.05, 3.63) is 61.9 Å². The Balaban J connectivity index is 1.07. The molecule has 0 saturated carbocycles. The molecule has 2 saturated heterocycles. The van der Waals surface area contributed by atoms with Crippen LogP contribution in [-0.4, -0.2) is 49.1 Å². The molecule has 2 fully saturated rings. The summed E-state index contributed by atoms with van der Waals surface area (Å²) in [5.74, 6) is 1.07. The SMILES string of the molecule is O=C(Cc1cc2cc(Br)ccc2s1)NC1CCN(Cc2ccc(OC3CCNCC3)c(Br)c2)CC1. The van der Waals surface area contributed by atoms with Crippen LogP contribution in [0.5, 0.6) is 5.75 Å². The summed E-state index contributed by atoms with van der Waals surface area (Å²) in [4.78, 5) is 16.3. The third-order valence-corrected chi connectivity index (χ3v) is 9.03. The lowest BCUT2D eigenvalue weighted by Gasteiger charge is -2.32. The van der Waals surface area contributed by atoms with Crippen molar-refractivity contribution < 1.29 is 9.53 Å². The van der Waals surface area contributed by atoms with Gasteiger partial charge in [-0.2, -0.15) is 0 Å². The topological polar surface area (TPSA) is 53.6 Å². The lowest BCUT2D eigenvalue weighted by atomic mass is 10.0. The molecule has 8 heteroatoms. The van der Waals surface area contributed by atoms with E-state index in [-0.39, 0.29) is 11.9 Å². The molecule has 0 radical (unpaired) electrons. The molecule has 2 N–H and O–H groups in total. The van der Waals surface area contributed by atoms with Crippen molar-refractivity contribution in [1.29, 1.82) is 0 Å². The lowest BCUT2D eigenvalue weighted by Crippen LogP contribution is -2.44. The van der Waals surface area contributed by atoms with E-state index in [0.717, 1.165) is 78.0 Å². The zero-order valence-electron chi connectivity index (χ0n) is 19.7. The Morgan fingerprint density at radius 3 is 2.63 bits per heavy atom. The van der Waals surface area contributed by atoms with Gasteiger partial charge in [0.25, 0.3) is 0 Å². The summed E-state index contributed by atoms with van der Waals surface area (Å²) < 4.78 is 9.53. The van der Waals surface area contributed by atoms with Crippen LogP contribution in [0, 0.1) is 0 Å². The van der Waals surface area contributed by atoms with Gasteiger partial charge in [0, 0.05) is 39.7 Å². The number of halogens is 2. The highest BCUT2D eigenvalue weighted by Crippen LogP contribution is 2.30. The number of rotatable bonds is 7. The van der Waals surface area contributed by atoms with E-state index in [4.69, 9.17) is 4.74 Å². The van der Waals surface area contributed by atoms with Gasteiger partial charge in [0.05, 0.1) is 10.9 Å². The Kier molecular flexibility index (Phi) is 8.45. The maximum atomic E-state index is 12.7. The minimum absolute atomic E-state index is 0.127. The standard InChI is InChI=1S/C27H31Br2N3O2S/c28-20-2-4-26-19(14-20)15-23(35-26)16-27(33)31-21-7-11-32(12-8-21)17-18-1-3-25(24(29)13-18)34-22-5-9-30-10-6-22/h1-4,13-15,21-22,30H,5-12,16-17H2,(H,31,33). The highest BCUT2D eigenvalue weighted by atomic mass is 79.9. The van der Waals surface area contributed by atoms with E-state index >= 15 is 0 Å². The van der Waals surface area contributed by atoms with Crippen LogP contribution < -0.4 is 15.4 Å². The number of hydrogen-bond acceptors (Lipinski definition) is 5. The quantitative estimate of drug-likeness (QED) is 0.346. The minimum Gasteiger partial charge on any atom is -0.489 e. The van der Waals surface area contributed by atoms with Crippen molar-refractivity contribution in [3.63, 3.8) is 0 Å². The number of piperidine rings is 2. The summed E-state index contributed by atoms with van der Waals surface area (Å²) in [7, 11) is 0. The number of carbonyl (C=O) groups excluding carboxylic acids is 1.